The van der Waals surface area contributed by atoms with E-state index in [-0.39, 0.29) is 11.5 Å². The summed E-state index contributed by atoms with van der Waals surface area (Å²) in [7, 11) is 0. The van der Waals surface area contributed by atoms with Crippen molar-refractivity contribution in [3.05, 3.63) is 87.7 Å². The van der Waals surface area contributed by atoms with Crippen molar-refractivity contribution in [2.75, 3.05) is 32.8 Å². The molecule has 220 valence electrons. The average Bonchev–Trinajstić information content (AvgIpc) is 3.67. The molecule has 0 atom stereocenters. The minimum absolute atomic E-state index is 0.326. The predicted octanol–water partition coefficient (Wildman–Crippen LogP) is 4.83. The number of amidine groups is 1. The number of aromatic nitrogens is 6. The first kappa shape index (κ1) is 28.2. The summed E-state index contributed by atoms with van der Waals surface area (Å²) >= 11 is 0. The van der Waals surface area contributed by atoms with Gasteiger partial charge in [-0.1, -0.05) is 55.5 Å². The SMILES string of the molecule is CCCc1nc2c(C)cc(N=C(C[N+](=O)[O-])N3CCOCC3)cc2n1Cc1ccc(-c2ccccc2-c2nn[nH]n2)cc1. The number of nitrogens with zero attached hydrogens (tertiary/aromatic N) is 8. The maximum atomic E-state index is 11.5. The van der Waals surface area contributed by atoms with Crippen LogP contribution in [0.15, 0.2) is 65.7 Å². The van der Waals surface area contributed by atoms with Gasteiger partial charge in [0.15, 0.2) is 5.84 Å². The van der Waals surface area contributed by atoms with Gasteiger partial charge >= 0.3 is 0 Å². The van der Waals surface area contributed by atoms with E-state index < -0.39 is 0 Å². The molecule has 1 fully saturated rings. The summed E-state index contributed by atoms with van der Waals surface area (Å²) < 4.78 is 7.69. The molecule has 0 aliphatic carbocycles. The molecule has 12 nitrogen and oxygen atoms in total. The Kier molecular flexibility index (Phi) is 8.18. The largest absolute Gasteiger partial charge is 0.378 e. The van der Waals surface area contributed by atoms with Gasteiger partial charge < -0.3 is 14.2 Å². The van der Waals surface area contributed by atoms with Crippen molar-refractivity contribution < 1.29 is 9.66 Å². The van der Waals surface area contributed by atoms with Crippen LogP contribution in [0.4, 0.5) is 5.69 Å². The van der Waals surface area contributed by atoms with E-state index in [0.717, 1.165) is 57.5 Å². The number of aromatic amines is 1. The number of ether oxygens (including phenoxy) is 1. The van der Waals surface area contributed by atoms with Gasteiger partial charge in [0.1, 0.15) is 5.82 Å². The number of benzene rings is 3. The molecule has 0 radical (unpaired) electrons. The van der Waals surface area contributed by atoms with Gasteiger partial charge in [-0.25, -0.2) is 9.98 Å². The summed E-state index contributed by atoms with van der Waals surface area (Å²) in [6, 6.07) is 20.5. The topological polar surface area (TPSA) is 140 Å². The monoisotopic (exact) mass is 579 g/mol. The Morgan fingerprint density at radius 2 is 1.86 bits per heavy atom. The maximum Gasteiger partial charge on any atom is 0.260 e. The van der Waals surface area contributed by atoms with Crippen molar-refractivity contribution >= 4 is 22.6 Å². The van der Waals surface area contributed by atoms with Crippen molar-refractivity contribution in [3.8, 4) is 22.5 Å². The highest BCUT2D eigenvalue weighted by Gasteiger charge is 2.21. The predicted molar refractivity (Wildman–Crippen MR) is 164 cm³/mol. The standard InChI is InChI=1S/C31H33N9O3/c1-3-6-28-33-30-21(2)17-24(32-29(20-40(41)42)38-13-15-43-16-14-38)18-27(30)39(28)19-22-9-11-23(12-10-22)25-7-4-5-8-26(25)31-34-36-37-35-31/h4-5,7-12,17-18H,3,6,13-16,19-20H2,1-2H3,(H,34,35,36,37). The first-order chi connectivity index (χ1) is 21.0. The van der Waals surface area contributed by atoms with E-state index >= 15 is 0 Å². The summed E-state index contributed by atoms with van der Waals surface area (Å²) in [5.41, 5.74) is 7.69. The van der Waals surface area contributed by atoms with Crippen LogP contribution in [-0.4, -0.2) is 78.7 Å². The molecule has 1 aliphatic rings. The van der Waals surface area contributed by atoms with Gasteiger partial charge in [-0.3, -0.25) is 10.1 Å². The second kappa shape index (κ2) is 12.5. The number of rotatable bonds is 9. The van der Waals surface area contributed by atoms with Crippen molar-refractivity contribution in [1.29, 1.82) is 0 Å². The Morgan fingerprint density at radius 1 is 1.09 bits per heavy atom. The lowest BCUT2D eigenvalue weighted by Crippen LogP contribution is -2.43. The lowest BCUT2D eigenvalue weighted by molar-refractivity contribution is -0.464. The quantitative estimate of drug-likeness (QED) is 0.113. The molecule has 1 saturated heterocycles. The van der Waals surface area contributed by atoms with Gasteiger partial charge in [0.2, 0.25) is 5.82 Å². The molecule has 3 heterocycles. The summed E-state index contributed by atoms with van der Waals surface area (Å²) in [5, 5.41) is 26.1. The number of nitro groups is 1. The molecule has 0 unspecified atom stereocenters. The normalized spacial score (nSPS) is 14.0. The van der Waals surface area contributed by atoms with Crippen LogP contribution in [0.25, 0.3) is 33.5 Å². The molecule has 5 aromatic rings. The maximum absolute atomic E-state index is 11.5. The number of aliphatic imine (C=N–C) groups is 1. The Labute approximate surface area is 248 Å². The number of fused-ring (bicyclic) bond motifs is 1. The van der Waals surface area contributed by atoms with Crippen LogP contribution in [0, 0.1) is 17.0 Å². The third-order valence-electron chi connectivity index (χ3n) is 7.61. The molecular weight excluding hydrogens is 546 g/mol. The van der Waals surface area contributed by atoms with Crippen molar-refractivity contribution in [2.45, 2.75) is 33.2 Å². The molecule has 0 saturated carbocycles. The molecule has 3 aromatic carbocycles. The Bertz CT molecular complexity index is 1760. The molecule has 0 spiro atoms. The molecule has 1 N–H and O–H groups in total. The van der Waals surface area contributed by atoms with Crippen LogP contribution in [0.5, 0.6) is 0 Å². The zero-order valence-electron chi connectivity index (χ0n) is 24.2. The van der Waals surface area contributed by atoms with Crippen LogP contribution < -0.4 is 0 Å². The van der Waals surface area contributed by atoms with Crippen LogP contribution in [0.1, 0.15) is 30.3 Å². The van der Waals surface area contributed by atoms with Gasteiger partial charge in [0, 0.05) is 36.5 Å². The van der Waals surface area contributed by atoms with E-state index in [9.17, 15) is 10.1 Å². The molecule has 43 heavy (non-hydrogen) atoms. The van der Waals surface area contributed by atoms with E-state index in [4.69, 9.17) is 14.7 Å². The Balaban J connectivity index is 1.35. The third kappa shape index (κ3) is 6.14. The van der Waals surface area contributed by atoms with Gasteiger partial charge in [-0.15, -0.1) is 10.2 Å². The molecule has 0 bridgehead atoms. The minimum atomic E-state index is -0.334. The van der Waals surface area contributed by atoms with Gasteiger partial charge in [0.25, 0.3) is 6.54 Å². The van der Waals surface area contributed by atoms with Gasteiger partial charge in [-0.05, 0) is 52.9 Å². The third-order valence-corrected chi connectivity index (χ3v) is 7.61. The van der Waals surface area contributed by atoms with Crippen molar-refractivity contribution in [1.82, 2.24) is 35.1 Å². The van der Waals surface area contributed by atoms with E-state index in [1.165, 1.54) is 0 Å². The molecule has 6 rings (SSSR count). The second-order valence-corrected chi connectivity index (χ2v) is 10.6. The summed E-state index contributed by atoms with van der Waals surface area (Å²) in [6.45, 7) is 6.70. The van der Waals surface area contributed by atoms with E-state index in [0.29, 0.717) is 50.2 Å². The fourth-order valence-electron chi connectivity index (χ4n) is 5.55. The van der Waals surface area contributed by atoms with Gasteiger partial charge in [0.05, 0.1) is 29.9 Å². The number of tetrazole rings is 1. The number of hydrogen-bond donors (Lipinski definition) is 1. The smallest absolute Gasteiger partial charge is 0.260 e. The first-order valence-electron chi connectivity index (χ1n) is 14.4. The van der Waals surface area contributed by atoms with Crippen molar-refractivity contribution in [3.63, 3.8) is 0 Å². The summed E-state index contributed by atoms with van der Waals surface area (Å²) in [4.78, 5) is 22.9. The first-order valence-corrected chi connectivity index (χ1v) is 14.4. The molecule has 1 aliphatic heterocycles. The molecular formula is C31H33N9O3. The van der Waals surface area contributed by atoms with Crippen molar-refractivity contribution in [2.24, 2.45) is 4.99 Å². The minimum Gasteiger partial charge on any atom is -0.378 e. The fraction of sp³-hybridized carbons (Fsp3) is 0.323. The number of morpholine rings is 1. The second-order valence-electron chi connectivity index (χ2n) is 10.6. The summed E-state index contributed by atoms with van der Waals surface area (Å²) in [5.74, 6) is 2.01. The van der Waals surface area contributed by atoms with E-state index in [2.05, 4.69) is 62.4 Å². The fourth-order valence-corrected chi connectivity index (χ4v) is 5.55. The summed E-state index contributed by atoms with van der Waals surface area (Å²) in [6.07, 6.45) is 1.80. The van der Waals surface area contributed by atoms with Gasteiger partial charge in [-0.2, -0.15) is 5.21 Å². The highest BCUT2D eigenvalue weighted by molar-refractivity contribution is 5.89. The number of hydrogen-bond acceptors (Lipinski definition) is 8. The average molecular weight is 580 g/mol. The number of nitrogens with one attached hydrogen (secondary N) is 1. The van der Waals surface area contributed by atoms with Crippen LogP contribution in [0.2, 0.25) is 0 Å². The van der Waals surface area contributed by atoms with Crippen LogP contribution in [-0.2, 0) is 17.7 Å². The van der Waals surface area contributed by atoms with Crippen LogP contribution >= 0.6 is 0 Å². The van der Waals surface area contributed by atoms with E-state index in [1.807, 2.05) is 42.2 Å². The molecule has 0 amide bonds. The van der Waals surface area contributed by atoms with Crippen LogP contribution in [0.3, 0.4) is 0 Å². The lowest BCUT2D eigenvalue weighted by atomic mass is 9.98. The zero-order chi connectivity index (χ0) is 29.8. The highest BCUT2D eigenvalue weighted by atomic mass is 16.6. The van der Waals surface area contributed by atoms with E-state index in [1.54, 1.807) is 0 Å². The molecule has 2 aromatic heterocycles. The number of H-pyrrole nitrogens is 1. The Hall–Kier alpha value is -4.97. The zero-order valence-corrected chi connectivity index (χ0v) is 24.2. The number of aryl methyl sites for hydroxylation is 2. The highest BCUT2D eigenvalue weighted by Crippen LogP contribution is 2.31. The number of imidazole rings is 1. The Morgan fingerprint density at radius 3 is 2.56 bits per heavy atom. The lowest BCUT2D eigenvalue weighted by Gasteiger charge is -2.28. The molecule has 12 heteroatoms.